The predicted octanol–water partition coefficient (Wildman–Crippen LogP) is 2.27. The molecule has 0 fully saturated rings. The number of methoxy groups -OCH3 is 1. The summed E-state index contributed by atoms with van der Waals surface area (Å²) in [5.74, 6) is -0.0493. The molecule has 0 heterocycles. The Morgan fingerprint density at radius 2 is 2.18 bits per heavy atom. The summed E-state index contributed by atoms with van der Waals surface area (Å²) < 4.78 is 9.85. The molecule has 1 aromatic rings. The molecule has 5 heteroatoms. The van der Waals surface area contributed by atoms with Gasteiger partial charge in [0.1, 0.15) is 5.75 Å². The summed E-state index contributed by atoms with van der Waals surface area (Å²) in [4.78, 5) is 22.4. The van der Waals surface area contributed by atoms with Crippen LogP contribution in [-0.4, -0.2) is 26.0 Å². The number of hydrogen-bond donors (Lipinski definition) is 0. The van der Waals surface area contributed by atoms with Gasteiger partial charge < -0.3 is 9.47 Å². The first-order valence-corrected chi connectivity index (χ1v) is 5.47. The number of ether oxygens (including phenoxy) is 2. The maximum absolute atomic E-state index is 11.4. The smallest absolute Gasteiger partial charge is 0.310 e. The maximum Gasteiger partial charge on any atom is 0.310 e. The average molecular weight is 257 g/mol. The lowest BCUT2D eigenvalue weighted by atomic mass is 10.0. The monoisotopic (exact) mass is 256 g/mol. The number of carbonyl (C=O) groups excluding carboxylic acids is 2. The molecule has 1 rings (SSSR count). The zero-order chi connectivity index (χ0) is 12.8. The molecule has 0 radical (unpaired) electrons. The number of benzene rings is 1. The highest BCUT2D eigenvalue weighted by atomic mass is 35.5. The van der Waals surface area contributed by atoms with Crippen molar-refractivity contribution in [2.75, 3.05) is 13.7 Å². The second-order valence-corrected chi connectivity index (χ2v) is 3.72. The Morgan fingerprint density at radius 1 is 1.47 bits per heavy atom. The fourth-order valence-electron chi connectivity index (χ4n) is 1.46. The van der Waals surface area contributed by atoms with Gasteiger partial charge in [0.05, 0.1) is 25.7 Å². The van der Waals surface area contributed by atoms with Crippen LogP contribution in [0.3, 0.4) is 0 Å². The maximum atomic E-state index is 11.4. The Hall–Kier alpha value is -1.55. The van der Waals surface area contributed by atoms with Crippen LogP contribution in [0.1, 0.15) is 22.8 Å². The second kappa shape index (κ2) is 6.25. The van der Waals surface area contributed by atoms with Gasteiger partial charge in [-0.2, -0.15) is 0 Å². The van der Waals surface area contributed by atoms with Crippen LogP contribution >= 0.6 is 11.6 Å². The Kier molecular flexibility index (Phi) is 4.97. The molecule has 0 aliphatic rings. The van der Waals surface area contributed by atoms with Crippen LogP contribution in [0.25, 0.3) is 0 Å². The average Bonchev–Trinajstić information content (AvgIpc) is 2.28. The molecule has 4 nitrogen and oxygen atoms in total. The molecule has 0 amide bonds. The molecule has 0 saturated carbocycles. The molecule has 1 aromatic carbocycles. The molecule has 0 aliphatic heterocycles. The first-order valence-electron chi connectivity index (χ1n) is 5.09. The molecular weight excluding hydrogens is 244 g/mol. The third-order valence-corrected chi connectivity index (χ3v) is 2.39. The van der Waals surface area contributed by atoms with Crippen LogP contribution in [-0.2, 0) is 16.0 Å². The lowest BCUT2D eigenvalue weighted by Gasteiger charge is -2.10. The number of halogens is 1. The highest BCUT2D eigenvalue weighted by molar-refractivity contribution is 6.31. The van der Waals surface area contributed by atoms with E-state index in [0.29, 0.717) is 34.8 Å². The van der Waals surface area contributed by atoms with Crippen LogP contribution in [0.5, 0.6) is 5.75 Å². The zero-order valence-corrected chi connectivity index (χ0v) is 10.4. The Labute approximate surface area is 104 Å². The second-order valence-electron chi connectivity index (χ2n) is 3.28. The summed E-state index contributed by atoms with van der Waals surface area (Å²) in [6.07, 6.45) is 0.641. The number of hydrogen-bond acceptors (Lipinski definition) is 4. The summed E-state index contributed by atoms with van der Waals surface area (Å²) in [7, 11) is 1.44. The molecule has 0 spiro atoms. The van der Waals surface area contributed by atoms with E-state index in [0.717, 1.165) is 0 Å². The van der Waals surface area contributed by atoms with Crippen molar-refractivity contribution in [1.82, 2.24) is 0 Å². The van der Waals surface area contributed by atoms with Gasteiger partial charge in [0.15, 0.2) is 6.29 Å². The summed E-state index contributed by atoms with van der Waals surface area (Å²) in [6.45, 7) is 2.02. The van der Waals surface area contributed by atoms with Crippen molar-refractivity contribution in [2.45, 2.75) is 13.3 Å². The molecule has 0 unspecified atom stereocenters. The summed E-state index contributed by atoms with van der Waals surface area (Å²) in [5, 5.41) is 0.409. The van der Waals surface area contributed by atoms with E-state index in [9.17, 15) is 9.59 Å². The van der Waals surface area contributed by atoms with Crippen molar-refractivity contribution in [3.63, 3.8) is 0 Å². The van der Waals surface area contributed by atoms with Crippen molar-refractivity contribution in [1.29, 1.82) is 0 Å². The first-order chi connectivity index (χ1) is 8.12. The van der Waals surface area contributed by atoms with Crippen LogP contribution in [0.15, 0.2) is 12.1 Å². The van der Waals surface area contributed by atoms with Crippen molar-refractivity contribution >= 4 is 23.9 Å². The van der Waals surface area contributed by atoms with E-state index >= 15 is 0 Å². The number of carbonyl (C=O) groups is 2. The van der Waals surface area contributed by atoms with Crippen LogP contribution in [0.2, 0.25) is 5.02 Å². The van der Waals surface area contributed by atoms with Gasteiger partial charge in [-0.05, 0) is 24.6 Å². The summed E-state index contributed by atoms with van der Waals surface area (Å²) >= 11 is 5.87. The summed E-state index contributed by atoms with van der Waals surface area (Å²) in [5.41, 5.74) is 0.827. The lowest BCUT2D eigenvalue weighted by molar-refractivity contribution is -0.142. The molecular formula is C12H13ClO4. The van der Waals surface area contributed by atoms with Gasteiger partial charge in [-0.25, -0.2) is 0 Å². The van der Waals surface area contributed by atoms with Crippen LogP contribution in [0.4, 0.5) is 0 Å². The zero-order valence-electron chi connectivity index (χ0n) is 9.66. The molecule has 92 valence electrons. The van der Waals surface area contributed by atoms with E-state index in [-0.39, 0.29) is 6.42 Å². The van der Waals surface area contributed by atoms with E-state index < -0.39 is 5.97 Å². The van der Waals surface area contributed by atoms with Gasteiger partial charge in [0.25, 0.3) is 0 Å². The first kappa shape index (κ1) is 13.5. The van der Waals surface area contributed by atoms with Gasteiger partial charge in [0.2, 0.25) is 0 Å². The molecule has 0 bridgehead atoms. The normalized spacial score (nSPS) is 9.82. The topological polar surface area (TPSA) is 52.6 Å². The standard InChI is InChI=1S/C12H13ClO4/c1-3-17-12(15)5-8-4-9(13)6-11(16-2)10(8)7-14/h4,6-7H,3,5H2,1-2H3. The van der Waals surface area contributed by atoms with Crippen LogP contribution in [0, 0.1) is 0 Å². The van der Waals surface area contributed by atoms with E-state index in [1.807, 2.05) is 0 Å². The van der Waals surface area contributed by atoms with Crippen LogP contribution < -0.4 is 4.74 Å². The Morgan fingerprint density at radius 3 is 2.71 bits per heavy atom. The minimum atomic E-state index is -0.403. The molecule has 0 atom stereocenters. The Balaban J connectivity index is 3.08. The van der Waals surface area contributed by atoms with Gasteiger partial charge in [-0.3, -0.25) is 9.59 Å². The minimum absolute atomic E-state index is 0.00116. The van der Waals surface area contributed by atoms with E-state index in [4.69, 9.17) is 21.1 Å². The largest absolute Gasteiger partial charge is 0.496 e. The quantitative estimate of drug-likeness (QED) is 0.599. The highest BCUT2D eigenvalue weighted by Crippen LogP contribution is 2.26. The van der Waals surface area contributed by atoms with Gasteiger partial charge in [0, 0.05) is 5.02 Å². The minimum Gasteiger partial charge on any atom is -0.496 e. The van der Waals surface area contributed by atoms with Crippen molar-refractivity contribution in [3.8, 4) is 5.75 Å². The number of esters is 1. The lowest BCUT2D eigenvalue weighted by Crippen LogP contribution is -2.10. The molecule has 0 aromatic heterocycles. The highest BCUT2D eigenvalue weighted by Gasteiger charge is 2.14. The third-order valence-electron chi connectivity index (χ3n) is 2.17. The Bertz CT molecular complexity index is 429. The molecule has 0 aliphatic carbocycles. The molecule has 17 heavy (non-hydrogen) atoms. The van der Waals surface area contributed by atoms with Crippen molar-refractivity contribution < 1.29 is 19.1 Å². The molecule has 0 N–H and O–H groups in total. The van der Waals surface area contributed by atoms with Gasteiger partial charge >= 0.3 is 5.97 Å². The SMILES string of the molecule is CCOC(=O)Cc1cc(Cl)cc(OC)c1C=O. The predicted molar refractivity (Wildman–Crippen MR) is 63.7 cm³/mol. The van der Waals surface area contributed by atoms with E-state index in [2.05, 4.69) is 0 Å². The third kappa shape index (κ3) is 3.46. The fourth-order valence-corrected chi connectivity index (χ4v) is 1.69. The van der Waals surface area contributed by atoms with Gasteiger partial charge in [-0.15, -0.1) is 0 Å². The fraction of sp³-hybridized carbons (Fsp3) is 0.333. The van der Waals surface area contributed by atoms with E-state index in [1.165, 1.54) is 13.2 Å². The van der Waals surface area contributed by atoms with Crippen molar-refractivity contribution in [2.24, 2.45) is 0 Å². The summed E-state index contributed by atoms with van der Waals surface area (Å²) in [6, 6.07) is 3.09. The number of rotatable bonds is 5. The molecule has 0 saturated heterocycles. The number of aldehydes is 1. The van der Waals surface area contributed by atoms with E-state index in [1.54, 1.807) is 13.0 Å². The van der Waals surface area contributed by atoms with Gasteiger partial charge in [-0.1, -0.05) is 11.6 Å². The van der Waals surface area contributed by atoms with Crippen molar-refractivity contribution in [3.05, 3.63) is 28.3 Å².